The minimum atomic E-state index is -0.252. The van der Waals surface area contributed by atoms with E-state index in [0.29, 0.717) is 17.2 Å². The molecule has 0 atom stereocenters. The average Bonchev–Trinajstić information content (AvgIpc) is 2.41. The second kappa shape index (κ2) is 5.27. The van der Waals surface area contributed by atoms with Gasteiger partial charge in [-0.3, -0.25) is 9.78 Å². The summed E-state index contributed by atoms with van der Waals surface area (Å²) in [5.74, 6) is 0.405. The zero-order valence-corrected chi connectivity index (χ0v) is 10.3. The fraction of sp³-hybridized carbons (Fsp3) is 0.154. The highest BCUT2D eigenvalue weighted by atomic mass is 16.1. The van der Waals surface area contributed by atoms with Gasteiger partial charge in [-0.05, 0) is 31.2 Å². The molecule has 0 saturated carbocycles. The van der Waals surface area contributed by atoms with E-state index in [4.69, 9.17) is 0 Å². The van der Waals surface area contributed by atoms with Crippen molar-refractivity contribution in [3.8, 4) is 0 Å². The van der Waals surface area contributed by atoms with Crippen molar-refractivity contribution in [1.29, 1.82) is 0 Å². The molecule has 5 nitrogen and oxygen atoms in total. The molecule has 0 bridgehead atoms. The first kappa shape index (κ1) is 12.0. The van der Waals surface area contributed by atoms with E-state index < -0.39 is 0 Å². The second-order valence-corrected chi connectivity index (χ2v) is 3.80. The number of amides is 1. The van der Waals surface area contributed by atoms with Crippen LogP contribution in [0, 0.1) is 6.92 Å². The van der Waals surface area contributed by atoms with Gasteiger partial charge in [-0.25, -0.2) is 4.98 Å². The Labute approximate surface area is 105 Å². The molecule has 1 amide bonds. The molecule has 0 radical (unpaired) electrons. The van der Waals surface area contributed by atoms with E-state index in [9.17, 15) is 4.79 Å². The van der Waals surface area contributed by atoms with Crippen LogP contribution in [0.15, 0.2) is 36.5 Å². The fourth-order valence-corrected chi connectivity index (χ4v) is 1.44. The van der Waals surface area contributed by atoms with Gasteiger partial charge < -0.3 is 10.6 Å². The van der Waals surface area contributed by atoms with Crippen molar-refractivity contribution >= 4 is 17.4 Å². The molecule has 0 aliphatic heterocycles. The molecule has 5 heteroatoms. The molecule has 0 aliphatic rings. The van der Waals surface area contributed by atoms with Gasteiger partial charge in [-0.2, -0.15) is 0 Å². The number of carbonyl (C=O) groups excluding carboxylic acids is 1. The van der Waals surface area contributed by atoms with Gasteiger partial charge in [0.05, 0.1) is 11.9 Å². The lowest BCUT2D eigenvalue weighted by molar-refractivity contribution is 0.102. The number of rotatable bonds is 3. The lowest BCUT2D eigenvalue weighted by atomic mass is 10.3. The molecule has 2 N–H and O–H groups in total. The predicted octanol–water partition coefficient (Wildman–Crippen LogP) is 2.08. The zero-order chi connectivity index (χ0) is 13.0. The molecule has 2 rings (SSSR count). The first-order valence-corrected chi connectivity index (χ1v) is 5.58. The number of anilines is 2. The summed E-state index contributed by atoms with van der Waals surface area (Å²) in [5.41, 5.74) is 1.92. The quantitative estimate of drug-likeness (QED) is 0.864. The van der Waals surface area contributed by atoms with Crippen molar-refractivity contribution in [3.63, 3.8) is 0 Å². The SMILES string of the molecule is CNc1cccc(C(=O)Nc2ccc(C)nc2)n1. The molecular formula is C13H14N4O. The Morgan fingerprint density at radius 3 is 2.72 bits per heavy atom. The summed E-state index contributed by atoms with van der Waals surface area (Å²) in [6, 6.07) is 8.89. The first-order chi connectivity index (χ1) is 8.69. The van der Waals surface area contributed by atoms with Crippen molar-refractivity contribution < 1.29 is 4.79 Å². The van der Waals surface area contributed by atoms with Gasteiger partial charge in [-0.1, -0.05) is 6.07 Å². The molecule has 0 unspecified atom stereocenters. The minimum absolute atomic E-state index is 0.252. The van der Waals surface area contributed by atoms with Crippen molar-refractivity contribution in [2.75, 3.05) is 17.7 Å². The molecule has 0 spiro atoms. The molecular weight excluding hydrogens is 228 g/mol. The van der Waals surface area contributed by atoms with Gasteiger partial charge in [0, 0.05) is 12.7 Å². The van der Waals surface area contributed by atoms with Crippen molar-refractivity contribution in [2.45, 2.75) is 6.92 Å². The van der Waals surface area contributed by atoms with E-state index in [1.165, 1.54) is 0 Å². The number of nitrogens with zero attached hydrogens (tertiary/aromatic N) is 2. The fourth-order valence-electron chi connectivity index (χ4n) is 1.44. The molecule has 92 valence electrons. The third-order valence-corrected chi connectivity index (χ3v) is 2.41. The predicted molar refractivity (Wildman–Crippen MR) is 70.7 cm³/mol. The number of hydrogen-bond acceptors (Lipinski definition) is 4. The largest absolute Gasteiger partial charge is 0.373 e. The van der Waals surface area contributed by atoms with E-state index in [1.54, 1.807) is 31.4 Å². The van der Waals surface area contributed by atoms with E-state index in [1.807, 2.05) is 19.1 Å². The van der Waals surface area contributed by atoms with E-state index >= 15 is 0 Å². The van der Waals surface area contributed by atoms with Crippen LogP contribution in [0.2, 0.25) is 0 Å². The Morgan fingerprint density at radius 1 is 1.22 bits per heavy atom. The normalized spacial score (nSPS) is 9.89. The lowest BCUT2D eigenvalue weighted by Crippen LogP contribution is -2.14. The molecule has 2 heterocycles. The molecule has 2 aromatic heterocycles. The Hall–Kier alpha value is -2.43. The summed E-state index contributed by atoms with van der Waals surface area (Å²) >= 11 is 0. The number of aromatic nitrogens is 2. The maximum Gasteiger partial charge on any atom is 0.274 e. The monoisotopic (exact) mass is 242 g/mol. The van der Waals surface area contributed by atoms with Crippen LogP contribution in [0.1, 0.15) is 16.2 Å². The Morgan fingerprint density at radius 2 is 2.06 bits per heavy atom. The number of pyridine rings is 2. The average molecular weight is 242 g/mol. The van der Waals surface area contributed by atoms with Gasteiger partial charge in [0.1, 0.15) is 11.5 Å². The van der Waals surface area contributed by atoms with E-state index in [0.717, 1.165) is 5.69 Å². The van der Waals surface area contributed by atoms with Crippen LogP contribution in [0.25, 0.3) is 0 Å². The van der Waals surface area contributed by atoms with Crippen LogP contribution < -0.4 is 10.6 Å². The summed E-state index contributed by atoms with van der Waals surface area (Å²) in [6.45, 7) is 1.89. The summed E-state index contributed by atoms with van der Waals surface area (Å²) < 4.78 is 0. The van der Waals surface area contributed by atoms with Gasteiger partial charge in [0.25, 0.3) is 5.91 Å². The molecule has 0 aliphatic carbocycles. The van der Waals surface area contributed by atoms with E-state index in [2.05, 4.69) is 20.6 Å². The van der Waals surface area contributed by atoms with Crippen LogP contribution in [0.3, 0.4) is 0 Å². The second-order valence-electron chi connectivity index (χ2n) is 3.80. The lowest BCUT2D eigenvalue weighted by Gasteiger charge is -2.05. The molecule has 0 fully saturated rings. The van der Waals surface area contributed by atoms with Gasteiger partial charge in [0.2, 0.25) is 0 Å². The van der Waals surface area contributed by atoms with Crippen LogP contribution in [0.4, 0.5) is 11.5 Å². The number of hydrogen-bond donors (Lipinski definition) is 2. The third kappa shape index (κ3) is 2.82. The topological polar surface area (TPSA) is 66.9 Å². The van der Waals surface area contributed by atoms with Crippen molar-refractivity contribution in [1.82, 2.24) is 9.97 Å². The molecule has 0 saturated heterocycles. The van der Waals surface area contributed by atoms with Crippen LogP contribution in [-0.2, 0) is 0 Å². The number of nitrogens with one attached hydrogen (secondary N) is 2. The van der Waals surface area contributed by atoms with Gasteiger partial charge >= 0.3 is 0 Å². The van der Waals surface area contributed by atoms with Gasteiger partial charge in [-0.15, -0.1) is 0 Å². The van der Waals surface area contributed by atoms with Crippen LogP contribution in [0.5, 0.6) is 0 Å². The summed E-state index contributed by atoms with van der Waals surface area (Å²) in [5, 5.41) is 5.64. The van der Waals surface area contributed by atoms with Gasteiger partial charge in [0.15, 0.2) is 0 Å². The number of carbonyl (C=O) groups is 1. The summed E-state index contributed by atoms with van der Waals surface area (Å²) in [7, 11) is 1.76. The van der Waals surface area contributed by atoms with E-state index in [-0.39, 0.29) is 5.91 Å². The third-order valence-electron chi connectivity index (χ3n) is 2.41. The first-order valence-electron chi connectivity index (χ1n) is 5.58. The zero-order valence-electron chi connectivity index (χ0n) is 10.3. The molecule has 0 aromatic carbocycles. The smallest absolute Gasteiger partial charge is 0.274 e. The Kier molecular flexibility index (Phi) is 3.52. The Bertz CT molecular complexity index is 551. The standard InChI is InChI=1S/C13H14N4O/c1-9-6-7-10(8-15-9)16-13(18)11-4-3-5-12(14-2)17-11/h3-8H,1-2H3,(H,14,17)(H,16,18). The summed E-state index contributed by atoms with van der Waals surface area (Å²) in [4.78, 5) is 20.2. The van der Waals surface area contributed by atoms with Crippen LogP contribution >= 0.6 is 0 Å². The highest BCUT2D eigenvalue weighted by Gasteiger charge is 2.08. The number of aryl methyl sites for hydroxylation is 1. The molecule has 2 aromatic rings. The summed E-state index contributed by atoms with van der Waals surface area (Å²) in [6.07, 6.45) is 1.62. The molecule has 18 heavy (non-hydrogen) atoms. The van der Waals surface area contributed by atoms with Crippen molar-refractivity contribution in [2.24, 2.45) is 0 Å². The maximum absolute atomic E-state index is 11.9. The Balaban J connectivity index is 2.14. The maximum atomic E-state index is 11.9. The minimum Gasteiger partial charge on any atom is -0.373 e. The van der Waals surface area contributed by atoms with Crippen molar-refractivity contribution in [3.05, 3.63) is 47.9 Å². The van der Waals surface area contributed by atoms with Crippen LogP contribution in [-0.4, -0.2) is 22.9 Å². The highest BCUT2D eigenvalue weighted by molar-refractivity contribution is 6.02. The highest BCUT2D eigenvalue weighted by Crippen LogP contribution is 2.09.